The number of rotatable bonds is 5. The van der Waals surface area contributed by atoms with Crippen LogP contribution in [-0.2, 0) is 9.47 Å². The zero-order chi connectivity index (χ0) is 18.1. The Bertz CT molecular complexity index is 772. The van der Waals surface area contributed by atoms with Crippen molar-refractivity contribution in [2.45, 2.75) is 44.2 Å². The zero-order valence-electron chi connectivity index (χ0n) is 14.8. The van der Waals surface area contributed by atoms with Crippen LogP contribution in [0.4, 0.5) is 0 Å². The second-order valence-corrected chi connectivity index (χ2v) is 7.26. The zero-order valence-corrected chi connectivity index (χ0v) is 15.5. The lowest BCUT2D eigenvalue weighted by atomic mass is 9.92. The summed E-state index contributed by atoms with van der Waals surface area (Å²) in [6.45, 7) is 3.14. The van der Waals surface area contributed by atoms with E-state index in [9.17, 15) is 5.11 Å². The molecular weight excluding hydrogens is 352 g/mol. The Kier molecular flexibility index (Phi) is 4.93. The van der Waals surface area contributed by atoms with Gasteiger partial charge in [0.05, 0.1) is 19.3 Å². The van der Waals surface area contributed by atoms with Gasteiger partial charge in [-0.1, -0.05) is 29.8 Å². The molecule has 1 N–H and O–H groups in total. The average Bonchev–Trinajstić information content (AvgIpc) is 2.97. The number of aliphatic hydroxyl groups is 1. The fourth-order valence-electron chi connectivity index (χ4n) is 3.80. The monoisotopic (exact) mass is 374 g/mol. The number of hydrogen-bond donors (Lipinski definition) is 1. The van der Waals surface area contributed by atoms with Gasteiger partial charge in [0.25, 0.3) is 0 Å². The van der Waals surface area contributed by atoms with Crippen molar-refractivity contribution in [2.24, 2.45) is 0 Å². The van der Waals surface area contributed by atoms with Gasteiger partial charge >= 0.3 is 0 Å². The molecule has 2 heterocycles. The number of benzene rings is 2. The molecule has 0 aliphatic carbocycles. The SMILES string of the molecule is CCOc1ccc(-c2cc(C(O)C34CCCC(CO3)O4)ccc2Cl)cc1. The minimum absolute atomic E-state index is 0.0938. The first kappa shape index (κ1) is 17.8. The second-order valence-electron chi connectivity index (χ2n) is 6.85. The Labute approximate surface area is 158 Å². The number of halogens is 1. The predicted molar refractivity (Wildman–Crippen MR) is 100 cm³/mol. The molecule has 26 heavy (non-hydrogen) atoms. The van der Waals surface area contributed by atoms with E-state index in [1.807, 2.05) is 49.4 Å². The Morgan fingerprint density at radius 2 is 2.08 bits per heavy atom. The fourth-order valence-corrected chi connectivity index (χ4v) is 4.03. The van der Waals surface area contributed by atoms with Crippen LogP contribution in [-0.4, -0.2) is 30.2 Å². The van der Waals surface area contributed by atoms with Gasteiger partial charge in [0.2, 0.25) is 0 Å². The lowest BCUT2D eigenvalue weighted by Gasteiger charge is -2.36. The summed E-state index contributed by atoms with van der Waals surface area (Å²) < 4.78 is 17.4. The molecule has 3 unspecified atom stereocenters. The summed E-state index contributed by atoms with van der Waals surface area (Å²) >= 11 is 6.42. The summed E-state index contributed by atoms with van der Waals surface area (Å²) in [5.74, 6) is -0.101. The van der Waals surface area contributed by atoms with Gasteiger partial charge in [-0.2, -0.15) is 0 Å². The summed E-state index contributed by atoms with van der Waals surface area (Å²) in [5.41, 5.74) is 2.59. The van der Waals surface area contributed by atoms with E-state index in [4.69, 9.17) is 25.8 Å². The van der Waals surface area contributed by atoms with Crippen molar-refractivity contribution in [2.75, 3.05) is 13.2 Å². The average molecular weight is 375 g/mol. The highest BCUT2D eigenvalue weighted by molar-refractivity contribution is 6.33. The number of ether oxygens (including phenoxy) is 3. The first-order chi connectivity index (χ1) is 12.6. The van der Waals surface area contributed by atoms with Crippen LogP contribution >= 0.6 is 11.6 Å². The Hall–Kier alpha value is -1.59. The highest BCUT2D eigenvalue weighted by Gasteiger charge is 2.50. The van der Waals surface area contributed by atoms with Gasteiger partial charge in [-0.3, -0.25) is 0 Å². The standard InChI is InChI=1S/C21H23ClO4/c1-2-24-16-8-5-14(6-9-16)18-12-15(7-10-19(18)22)20(23)21-11-3-4-17(26-21)13-25-21/h5-10,12,17,20,23H,2-4,11,13H2,1H3. The van der Waals surface area contributed by atoms with E-state index in [0.717, 1.165) is 35.3 Å². The van der Waals surface area contributed by atoms with Crippen LogP contribution in [0.5, 0.6) is 5.75 Å². The summed E-state index contributed by atoms with van der Waals surface area (Å²) in [6, 6.07) is 13.4. The lowest BCUT2D eigenvalue weighted by molar-refractivity contribution is -0.246. The minimum atomic E-state index is -0.924. The normalized spacial score (nSPS) is 25.9. The maximum atomic E-state index is 11.0. The van der Waals surface area contributed by atoms with Gasteiger partial charge in [0, 0.05) is 17.0 Å². The fraction of sp³-hybridized carbons (Fsp3) is 0.429. The van der Waals surface area contributed by atoms with Gasteiger partial charge in [-0.25, -0.2) is 0 Å². The van der Waals surface area contributed by atoms with Gasteiger partial charge in [-0.15, -0.1) is 0 Å². The molecule has 2 saturated heterocycles. The third-order valence-corrected chi connectivity index (χ3v) is 5.46. The molecule has 2 aliphatic rings. The highest BCUT2D eigenvalue weighted by atomic mass is 35.5. The molecule has 2 aliphatic heterocycles. The van der Waals surface area contributed by atoms with E-state index in [0.29, 0.717) is 24.7 Å². The van der Waals surface area contributed by atoms with Gasteiger partial charge < -0.3 is 19.3 Å². The van der Waals surface area contributed by atoms with Crippen LogP contribution in [0.25, 0.3) is 11.1 Å². The molecule has 5 heteroatoms. The third-order valence-electron chi connectivity index (χ3n) is 5.13. The molecule has 138 valence electrons. The minimum Gasteiger partial charge on any atom is -0.494 e. The van der Waals surface area contributed by atoms with Crippen molar-refractivity contribution < 1.29 is 19.3 Å². The van der Waals surface area contributed by atoms with Crippen molar-refractivity contribution in [1.82, 2.24) is 0 Å². The lowest BCUT2D eigenvalue weighted by Crippen LogP contribution is -2.40. The number of fused-ring (bicyclic) bond motifs is 2. The topological polar surface area (TPSA) is 47.9 Å². The van der Waals surface area contributed by atoms with E-state index in [1.54, 1.807) is 0 Å². The van der Waals surface area contributed by atoms with E-state index in [-0.39, 0.29) is 6.10 Å². The van der Waals surface area contributed by atoms with Crippen molar-refractivity contribution >= 4 is 11.6 Å². The van der Waals surface area contributed by atoms with Crippen molar-refractivity contribution in [1.29, 1.82) is 0 Å². The second kappa shape index (κ2) is 7.20. The smallest absolute Gasteiger partial charge is 0.199 e. The number of hydrogen-bond acceptors (Lipinski definition) is 4. The van der Waals surface area contributed by atoms with E-state index in [1.165, 1.54) is 0 Å². The van der Waals surface area contributed by atoms with Crippen LogP contribution in [0.2, 0.25) is 5.02 Å². The molecule has 4 nitrogen and oxygen atoms in total. The molecule has 2 aromatic carbocycles. The van der Waals surface area contributed by atoms with Gasteiger partial charge in [0.15, 0.2) is 5.79 Å². The maximum absolute atomic E-state index is 11.0. The maximum Gasteiger partial charge on any atom is 0.199 e. The first-order valence-corrected chi connectivity index (χ1v) is 9.51. The van der Waals surface area contributed by atoms with Crippen LogP contribution in [0.3, 0.4) is 0 Å². The molecule has 0 spiro atoms. The molecule has 2 bridgehead atoms. The first-order valence-electron chi connectivity index (χ1n) is 9.14. The molecular formula is C21H23ClO4. The molecule has 3 atom stereocenters. The molecule has 2 aromatic rings. The van der Waals surface area contributed by atoms with Crippen LogP contribution in [0, 0.1) is 0 Å². The molecule has 0 aromatic heterocycles. The summed E-state index contributed by atoms with van der Waals surface area (Å²) in [5, 5.41) is 11.6. The van der Waals surface area contributed by atoms with Crippen molar-refractivity contribution in [3.05, 3.63) is 53.1 Å². The highest BCUT2D eigenvalue weighted by Crippen LogP contribution is 2.45. The van der Waals surface area contributed by atoms with Gasteiger partial charge in [-0.05, 0) is 55.2 Å². The van der Waals surface area contributed by atoms with E-state index >= 15 is 0 Å². The van der Waals surface area contributed by atoms with E-state index in [2.05, 4.69) is 0 Å². The largest absolute Gasteiger partial charge is 0.494 e. The molecule has 0 radical (unpaired) electrons. The van der Waals surface area contributed by atoms with Crippen LogP contribution < -0.4 is 4.74 Å². The third kappa shape index (κ3) is 3.23. The summed E-state index contributed by atoms with van der Waals surface area (Å²) in [7, 11) is 0. The van der Waals surface area contributed by atoms with Crippen LogP contribution in [0.1, 0.15) is 37.9 Å². The molecule has 2 fully saturated rings. The summed E-state index contributed by atoms with van der Waals surface area (Å²) in [4.78, 5) is 0. The molecule has 4 rings (SSSR count). The van der Waals surface area contributed by atoms with Crippen LogP contribution in [0.15, 0.2) is 42.5 Å². The quantitative estimate of drug-likeness (QED) is 0.821. The Balaban J connectivity index is 1.63. The molecule has 0 saturated carbocycles. The molecule has 0 amide bonds. The predicted octanol–water partition coefficient (Wildman–Crippen LogP) is 4.73. The Morgan fingerprint density at radius 1 is 1.27 bits per heavy atom. The number of aliphatic hydroxyl groups excluding tert-OH is 1. The van der Waals surface area contributed by atoms with Gasteiger partial charge in [0.1, 0.15) is 11.9 Å². The van der Waals surface area contributed by atoms with Crippen molar-refractivity contribution in [3.63, 3.8) is 0 Å². The van der Waals surface area contributed by atoms with E-state index < -0.39 is 11.9 Å². The Morgan fingerprint density at radius 3 is 2.85 bits per heavy atom. The van der Waals surface area contributed by atoms with Crippen molar-refractivity contribution in [3.8, 4) is 16.9 Å². The summed E-state index contributed by atoms with van der Waals surface area (Å²) in [6.07, 6.45) is 1.95.